The number of hydrogen-bond acceptors (Lipinski definition) is 3. The van der Waals surface area contributed by atoms with Crippen LogP contribution >= 0.6 is 24.8 Å². The van der Waals surface area contributed by atoms with Crippen molar-refractivity contribution in [3.8, 4) is 0 Å². The summed E-state index contributed by atoms with van der Waals surface area (Å²) in [5.74, 6) is -0.953. The van der Waals surface area contributed by atoms with Gasteiger partial charge in [0.25, 0.3) is 0 Å². The van der Waals surface area contributed by atoms with Crippen molar-refractivity contribution in [2.75, 3.05) is 13.1 Å². The highest BCUT2D eigenvalue weighted by Gasteiger charge is 2.37. The lowest BCUT2D eigenvalue weighted by molar-refractivity contribution is -0.144. The van der Waals surface area contributed by atoms with Crippen LogP contribution in [0.1, 0.15) is 31.9 Å². The van der Waals surface area contributed by atoms with Crippen molar-refractivity contribution in [2.24, 2.45) is 13.0 Å². The predicted molar refractivity (Wildman–Crippen MR) is 82.9 cm³/mol. The second-order valence-electron chi connectivity index (χ2n) is 5.31. The summed E-state index contributed by atoms with van der Waals surface area (Å²) in [5.41, 5.74) is 1.02. The number of piperidine rings is 1. The Hall–Kier alpha value is -0.780. The Morgan fingerprint density at radius 2 is 2.10 bits per heavy atom. The fourth-order valence-electron chi connectivity index (χ4n) is 2.79. The van der Waals surface area contributed by atoms with E-state index in [1.54, 1.807) is 10.9 Å². The number of carbonyl (C=O) groups is 1. The molecule has 2 heterocycles. The summed E-state index contributed by atoms with van der Waals surface area (Å²) < 4.78 is 1.80. The minimum absolute atomic E-state index is 0. The van der Waals surface area contributed by atoms with Gasteiger partial charge in [0.1, 0.15) is 0 Å². The average molecular weight is 324 g/mol. The summed E-state index contributed by atoms with van der Waals surface area (Å²) >= 11 is 0. The van der Waals surface area contributed by atoms with Crippen LogP contribution in [0.4, 0.5) is 0 Å². The van der Waals surface area contributed by atoms with Crippen LogP contribution in [-0.2, 0) is 11.8 Å². The van der Waals surface area contributed by atoms with Crippen molar-refractivity contribution < 1.29 is 9.90 Å². The molecule has 0 bridgehead atoms. The third-order valence-electron chi connectivity index (χ3n) is 3.93. The first kappa shape index (κ1) is 19.2. The van der Waals surface area contributed by atoms with E-state index in [4.69, 9.17) is 0 Å². The molecule has 0 aromatic carbocycles. The summed E-state index contributed by atoms with van der Waals surface area (Å²) in [4.78, 5) is 13.7. The smallest absolute Gasteiger partial charge is 0.307 e. The van der Waals surface area contributed by atoms with Crippen molar-refractivity contribution in [2.45, 2.75) is 32.2 Å². The summed E-state index contributed by atoms with van der Waals surface area (Å²) in [6, 6.07) is 2.39. The lowest BCUT2D eigenvalue weighted by Crippen LogP contribution is -2.45. The quantitative estimate of drug-likeness (QED) is 0.926. The monoisotopic (exact) mass is 323 g/mol. The summed E-state index contributed by atoms with van der Waals surface area (Å²) in [6.07, 6.45) is 2.45. The van der Waals surface area contributed by atoms with Gasteiger partial charge in [-0.05, 0) is 32.9 Å². The van der Waals surface area contributed by atoms with Gasteiger partial charge in [-0.15, -0.1) is 24.8 Å². The SMILES string of the molecule is CC(C)N1CCC(C(=O)O)C(c2ccnn2C)C1.Cl.Cl. The number of rotatable bonds is 3. The number of halogens is 2. The first-order valence-corrected chi connectivity index (χ1v) is 6.45. The second-order valence-corrected chi connectivity index (χ2v) is 5.31. The molecule has 1 N–H and O–H groups in total. The fraction of sp³-hybridized carbons (Fsp3) is 0.692. The van der Waals surface area contributed by atoms with E-state index in [1.165, 1.54) is 0 Å². The highest BCUT2D eigenvalue weighted by atomic mass is 35.5. The van der Waals surface area contributed by atoms with Gasteiger partial charge in [0.05, 0.1) is 5.92 Å². The number of nitrogens with zero attached hydrogens (tertiary/aromatic N) is 3. The first-order chi connectivity index (χ1) is 8.50. The fourth-order valence-corrected chi connectivity index (χ4v) is 2.79. The Bertz CT molecular complexity index is 437. The molecule has 1 aromatic rings. The van der Waals surface area contributed by atoms with Crippen LogP contribution in [0.25, 0.3) is 0 Å². The highest BCUT2D eigenvalue weighted by molar-refractivity contribution is 5.85. The summed E-state index contributed by atoms with van der Waals surface area (Å²) in [5, 5.41) is 13.5. The van der Waals surface area contributed by atoms with E-state index < -0.39 is 5.97 Å². The number of carboxylic acid groups (broad SMARTS) is 1. The Labute approximate surface area is 132 Å². The van der Waals surface area contributed by atoms with Crippen molar-refractivity contribution in [1.82, 2.24) is 14.7 Å². The first-order valence-electron chi connectivity index (χ1n) is 6.45. The standard InChI is InChI=1S/C13H21N3O2.2ClH/c1-9(2)16-7-5-10(13(17)18)11(8-16)12-4-6-14-15(12)3;;/h4,6,9-11H,5,7-8H2,1-3H3,(H,17,18);2*1H. The van der Waals surface area contributed by atoms with Crippen LogP contribution in [0.3, 0.4) is 0 Å². The number of aromatic nitrogens is 2. The maximum atomic E-state index is 11.4. The Morgan fingerprint density at radius 1 is 1.45 bits per heavy atom. The van der Waals surface area contributed by atoms with Crippen LogP contribution in [-0.4, -0.2) is 44.9 Å². The second kappa shape index (κ2) is 7.86. The van der Waals surface area contributed by atoms with Crippen molar-refractivity contribution in [1.29, 1.82) is 0 Å². The number of carboxylic acids is 1. The molecule has 0 saturated carbocycles. The van der Waals surface area contributed by atoms with E-state index in [-0.39, 0.29) is 36.6 Å². The Kier molecular flexibility index (Phi) is 7.55. The Morgan fingerprint density at radius 3 is 2.55 bits per heavy atom. The van der Waals surface area contributed by atoms with Crippen LogP contribution in [0.5, 0.6) is 0 Å². The van der Waals surface area contributed by atoms with Crippen molar-refractivity contribution in [3.05, 3.63) is 18.0 Å². The number of aryl methyl sites for hydroxylation is 1. The molecule has 1 saturated heterocycles. The zero-order valence-electron chi connectivity index (χ0n) is 12.0. The predicted octanol–water partition coefficient (Wildman–Crippen LogP) is 2.16. The van der Waals surface area contributed by atoms with Gasteiger partial charge in [-0.2, -0.15) is 5.10 Å². The maximum absolute atomic E-state index is 11.4. The molecule has 7 heteroatoms. The van der Waals surface area contributed by atoms with Crippen LogP contribution in [0.2, 0.25) is 0 Å². The molecule has 1 aliphatic rings. The summed E-state index contributed by atoms with van der Waals surface area (Å²) in [6.45, 7) is 5.97. The van der Waals surface area contributed by atoms with Gasteiger partial charge in [0, 0.05) is 37.4 Å². The van der Waals surface area contributed by atoms with Crippen LogP contribution < -0.4 is 0 Å². The highest BCUT2D eigenvalue weighted by Crippen LogP contribution is 2.33. The average Bonchev–Trinajstić information content (AvgIpc) is 2.74. The molecule has 20 heavy (non-hydrogen) atoms. The third kappa shape index (κ3) is 3.87. The van der Waals surface area contributed by atoms with Gasteiger partial charge in [-0.25, -0.2) is 0 Å². The molecule has 0 aliphatic carbocycles. The minimum atomic E-state index is -0.690. The molecule has 0 radical (unpaired) electrons. The van der Waals surface area contributed by atoms with Gasteiger partial charge in [0.15, 0.2) is 0 Å². The van der Waals surface area contributed by atoms with Crippen molar-refractivity contribution in [3.63, 3.8) is 0 Å². The topological polar surface area (TPSA) is 58.4 Å². The largest absolute Gasteiger partial charge is 0.481 e. The van der Waals surface area contributed by atoms with E-state index in [0.717, 1.165) is 18.8 Å². The zero-order chi connectivity index (χ0) is 13.3. The molecular formula is C13H23Cl2N3O2. The van der Waals surface area contributed by atoms with Gasteiger partial charge in [0.2, 0.25) is 0 Å². The normalized spacial score (nSPS) is 23.0. The molecule has 0 amide bonds. The lowest BCUT2D eigenvalue weighted by atomic mass is 9.82. The maximum Gasteiger partial charge on any atom is 0.307 e. The third-order valence-corrected chi connectivity index (χ3v) is 3.93. The molecule has 2 rings (SSSR count). The van der Waals surface area contributed by atoms with Gasteiger partial charge in [-0.1, -0.05) is 0 Å². The van der Waals surface area contributed by atoms with Crippen LogP contribution in [0.15, 0.2) is 12.3 Å². The van der Waals surface area contributed by atoms with E-state index in [2.05, 4.69) is 23.8 Å². The molecule has 1 fully saturated rings. The molecule has 2 atom stereocenters. The van der Waals surface area contributed by atoms with Crippen molar-refractivity contribution >= 4 is 30.8 Å². The number of likely N-dealkylation sites (tertiary alicyclic amines) is 1. The molecular weight excluding hydrogens is 301 g/mol. The van der Waals surface area contributed by atoms with Gasteiger partial charge < -0.3 is 10.0 Å². The Balaban J connectivity index is 0.00000180. The molecule has 1 aliphatic heterocycles. The molecule has 116 valence electrons. The van der Waals surface area contributed by atoms with E-state index >= 15 is 0 Å². The summed E-state index contributed by atoms with van der Waals surface area (Å²) in [7, 11) is 1.88. The van der Waals surface area contributed by atoms with Gasteiger partial charge >= 0.3 is 5.97 Å². The van der Waals surface area contributed by atoms with E-state index in [9.17, 15) is 9.90 Å². The molecule has 1 aromatic heterocycles. The van der Waals surface area contributed by atoms with E-state index in [1.807, 2.05) is 13.1 Å². The van der Waals surface area contributed by atoms with Crippen LogP contribution in [0, 0.1) is 5.92 Å². The zero-order valence-corrected chi connectivity index (χ0v) is 13.7. The molecule has 5 nitrogen and oxygen atoms in total. The minimum Gasteiger partial charge on any atom is -0.481 e. The van der Waals surface area contributed by atoms with E-state index in [0.29, 0.717) is 12.5 Å². The number of aliphatic carboxylic acids is 1. The lowest BCUT2D eigenvalue weighted by Gasteiger charge is -2.38. The molecule has 2 unspecified atom stereocenters. The van der Waals surface area contributed by atoms with Gasteiger partial charge in [-0.3, -0.25) is 9.48 Å². The molecule has 0 spiro atoms. The number of hydrogen-bond donors (Lipinski definition) is 1.